The Bertz CT molecular complexity index is 1360. The fraction of sp³-hybridized carbons (Fsp3) is 0.136. The molecule has 0 aliphatic carbocycles. The summed E-state index contributed by atoms with van der Waals surface area (Å²) >= 11 is 1.40. The summed E-state index contributed by atoms with van der Waals surface area (Å²) in [6, 6.07) is 18.8. The van der Waals surface area contributed by atoms with E-state index in [0.29, 0.717) is 9.49 Å². The average molecular weight is 371 g/mol. The molecule has 5 rings (SSSR count). The minimum Gasteiger partial charge on any atom is -0.266 e. The van der Waals surface area contributed by atoms with Crippen molar-refractivity contribution < 1.29 is 0 Å². The highest BCUT2D eigenvalue weighted by Crippen LogP contribution is 2.29. The maximum absolute atomic E-state index is 12.9. The maximum Gasteiger partial charge on any atom is 0.291 e. The largest absolute Gasteiger partial charge is 0.291 e. The molecule has 0 saturated heterocycles. The first-order valence-electron chi connectivity index (χ1n) is 9.05. The van der Waals surface area contributed by atoms with E-state index < -0.39 is 0 Å². The first-order valence-corrected chi connectivity index (χ1v) is 9.87. The Kier molecular flexibility index (Phi) is 3.76. The molecule has 5 aromatic rings. The van der Waals surface area contributed by atoms with Crippen LogP contribution in [0.2, 0.25) is 0 Å². The molecule has 0 radical (unpaired) electrons. The normalized spacial score (nSPS) is 12.6. The van der Waals surface area contributed by atoms with Gasteiger partial charge in [-0.05, 0) is 45.7 Å². The van der Waals surface area contributed by atoms with E-state index in [9.17, 15) is 4.79 Å². The Labute approximate surface area is 159 Å². The number of nitrogens with zero attached hydrogens (tertiary/aromatic N) is 3. The van der Waals surface area contributed by atoms with Crippen LogP contribution in [-0.2, 0) is 6.42 Å². The standard InChI is InChI=1S/C22H17N3OS/c1-2-7-20-23-22-25(24-20)21(26)19(27-22)13-18-16-10-5-3-8-14(16)12-15-9-4-6-11-17(15)18/h3-6,8-13H,2,7H2,1H3/b19-13-. The number of fused-ring (bicyclic) bond motifs is 3. The summed E-state index contributed by atoms with van der Waals surface area (Å²) in [4.78, 5) is 18.0. The Balaban J connectivity index is 1.83. The quantitative estimate of drug-likeness (QED) is 0.451. The highest BCUT2D eigenvalue weighted by molar-refractivity contribution is 7.15. The number of benzene rings is 3. The van der Waals surface area contributed by atoms with Gasteiger partial charge in [0.15, 0.2) is 5.82 Å². The molecule has 0 saturated carbocycles. The van der Waals surface area contributed by atoms with Gasteiger partial charge in [-0.1, -0.05) is 66.8 Å². The maximum atomic E-state index is 12.9. The summed E-state index contributed by atoms with van der Waals surface area (Å²) in [6.07, 6.45) is 3.75. The van der Waals surface area contributed by atoms with Crippen molar-refractivity contribution >= 4 is 43.9 Å². The zero-order valence-corrected chi connectivity index (χ0v) is 15.7. The lowest BCUT2D eigenvalue weighted by atomic mass is 9.97. The third kappa shape index (κ3) is 2.62. The lowest BCUT2D eigenvalue weighted by molar-refractivity contribution is 0.810. The Morgan fingerprint density at radius 1 is 1.04 bits per heavy atom. The van der Waals surface area contributed by atoms with Crippen molar-refractivity contribution in [1.29, 1.82) is 0 Å². The second kappa shape index (κ2) is 6.28. The van der Waals surface area contributed by atoms with Crippen LogP contribution >= 0.6 is 11.3 Å². The van der Waals surface area contributed by atoms with Crippen LogP contribution in [-0.4, -0.2) is 14.6 Å². The molecule has 4 nitrogen and oxygen atoms in total. The Morgan fingerprint density at radius 2 is 1.70 bits per heavy atom. The molecular weight excluding hydrogens is 354 g/mol. The number of hydrogen-bond acceptors (Lipinski definition) is 4. The fourth-order valence-electron chi connectivity index (χ4n) is 3.54. The van der Waals surface area contributed by atoms with Gasteiger partial charge in [0.1, 0.15) is 0 Å². The second-order valence-electron chi connectivity index (χ2n) is 6.62. The predicted octanol–water partition coefficient (Wildman–Crippen LogP) is 3.96. The molecule has 0 atom stereocenters. The van der Waals surface area contributed by atoms with E-state index in [4.69, 9.17) is 0 Å². The van der Waals surface area contributed by atoms with E-state index in [-0.39, 0.29) is 5.56 Å². The molecule has 0 bridgehead atoms. The summed E-state index contributed by atoms with van der Waals surface area (Å²) in [6.45, 7) is 2.08. The molecule has 2 aromatic heterocycles. The minimum absolute atomic E-state index is 0.0955. The number of thiazole rings is 1. The first kappa shape index (κ1) is 16.1. The van der Waals surface area contributed by atoms with Crippen LogP contribution in [0.4, 0.5) is 0 Å². The molecule has 0 aliphatic rings. The second-order valence-corrected chi connectivity index (χ2v) is 7.63. The summed E-state index contributed by atoms with van der Waals surface area (Å²) in [5, 5.41) is 8.99. The number of rotatable bonds is 3. The lowest BCUT2D eigenvalue weighted by Crippen LogP contribution is -2.23. The van der Waals surface area contributed by atoms with Crippen molar-refractivity contribution in [2.45, 2.75) is 19.8 Å². The van der Waals surface area contributed by atoms with E-state index in [2.05, 4.69) is 47.3 Å². The predicted molar refractivity (Wildman–Crippen MR) is 111 cm³/mol. The Hall–Kier alpha value is -3.05. The van der Waals surface area contributed by atoms with Gasteiger partial charge in [-0.3, -0.25) is 4.79 Å². The van der Waals surface area contributed by atoms with Crippen LogP contribution in [0, 0.1) is 0 Å². The van der Waals surface area contributed by atoms with Crippen molar-refractivity contribution in [2.24, 2.45) is 0 Å². The monoisotopic (exact) mass is 371 g/mol. The molecule has 3 aromatic carbocycles. The van der Waals surface area contributed by atoms with Gasteiger partial charge in [-0.2, -0.15) is 4.52 Å². The van der Waals surface area contributed by atoms with Crippen LogP contribution < -0.4 is 10.1 Å². The molecule has 0 N–H and O–H groups in total. The van der Waals surface area contributed by atoms with Crippen LogP contribution in [0.3, 0.4) is 0 Å². The third-order valence-electron chi connectivity index (χ3n) is 4.79. The highest BCUT2D eigenvalue weighted by atomic mass is 32.1. The average Bonchev–Trinajstić information content (AvgIpc) is 3.21. The van der Waals surface area contributed by atoms with Gasteiger partial charge in [-0.25, -0.2) is 4.98 Å². The topological polar surface area (TPSA) is 47.3 Å². The van der Waals surface area contributed by atoms with Crippen molar-refractivity contribution in [2.75, 3.05) is 0 Å². The molecule has 5 heteroatoms. The van der Waals surface area contributed by atoms with E-state index in [1.54, 1.807) is 0 Å². The molecule has 132 valence electrons. The smallest absolute Gasteiger partial charge is 0.266 e. The van der Waals surface area contributed by atoms with Gasteiger partial charge in [0.2, 0.25) is 4.96 Å². The number of aromatic nitrogens is 3. The SMILES string of the molecule is CCCc1nc2s/c(=C\c3c4ccccc4cc4ccccc34)c(=O)n2n1. The van der Waals surface area contributed by atoms with Gasteiger partial charge >= 0.3 is 0 Å². The number of aryl methyl sites for hydroxylation is 1. The van der Waals surface area contributed by atoms with E-state index in [0.717, 1.165) is 35.0 Å². The van der Waals surface area contributed by atoms with Gasteiger partial charge < -0.3 is 0 Å². The zero-order chi connectivity index (χ0) is 18.4. The molecule has 0 fully saturated rings. The molecule has 2 heterocycles. The zero-order valence-electron chi connectivity index (χ0n) is 14.8. The van der Waals surface area contributed by atoms with Crippen LogP contribution in [0.15, 0.2) is 59.4 Å². The fourth-order valence-corrected chi connectivity index (χ4v) is 4.45. The van der Waals surface area contributed by atoms with Crippen molar-refractivity contribution in [3.8, 4) is 0 Å². The summed E-state index contributed by atoms with van der Waals surface area (Å²) in [5.41, 5.74) is 0.973. The van der Waals surface area contributed by atoms with Gasteiger partial charge in [-0.15, -0.1) is 5.10 Å². The van der Waals surface area contributed by atoms with Gasteiger partial charge in [0, 0.05) is 6.42 Å². The van der Waals surface area contributed by atoms with E-state index >= 15 is 0 Å². The van der Waals surface area contributed by atoms with Gasteiger partial charge in [0.05, 0.1) is 4.53 Å². The molecule has 0 unspecified atom stereocenters. The van der Waals surface area contributed by atoms with Crippen molar-refractivity contribution in [1.82, 2.24) is 14.6 Å². The van der Waals surface area contributed by atoms with E-state index in [1.807, 2.05) is 30.3 Å². The van der Waals surface area contributed by atoms with Crippen LogP contribution in [0.25, 0.3) is 32.6 Å². The van der Waals surface area contributed by atoms with Crippen molar-refractivity contribution in [3.63, 3.8) is 0 Å². The lowest BCUT2D eigenvalue weighted by Gasteiger charge is -2.07. The number of hydrogen-bond donors (Lipinski definition) is 0. The summed E-state index contributed by atoms with van der Waals surface area (Å²) < 4.78 is 2.10. The van der Waals surface area contributed by atoms with Gasteiger partial charge in [0.25, 0.3) is 5.56 Å². The van der Waals surface area contributed by atoms with Crippen LogP contribution in [0.5, 0.6) is 0 Å². The molecular formula is C22H17N3OS. The minimum atomic E-state index is -0.0955. The summed E-state index contributed by atoms with van der Waals surface area (Å²) in [7, 11) is 0. The molecule has 27 heavy (non-hydrogen) atoms. The Morgan fingerprint density at radius 3 is 2.33 bits per heavy atom. The molecule has 0 aliphatic heterocycles. The van der Waals surface area contributed by atoms with Crippen LogP contribution in [0.1, 0.15) is 24.7 Å². The molecule has 0 amide bonds. The van der Waals surface area contributed by atoms with Crippen molar-refractivity contribution in [3.05, 3.63) is 80.9 Å². The summed E-state index contributed by atoms with van der Waals surface area (Å²) in [5.74, 6) is 0.739. The third-order valence-corrected chi connectivity index (χ3v) is 5.75. The molecule has 0 spiro atoms. The highest BCUT2D eigenvalue weighted by Gasteiger charge is 2.11. The first-order chi connectivity index (χ1) is 13.2. The van der Waals surface area contributed by atoms with E-state index in [1.165, 1.54) is 26.6 Å².